The zero-order valence-electron chi connectivity index (χ0n) is 17.4. The number of fused-ring (bicyclic) bond motifs is 4. The zero-order chi connectivity index (χ0) is 22.6. The Hall–Kier alpha value is -3.84. The number of carbonyl (C=O) groups is 2. The fourth-order valence-corrected chi connectivity index (χ4v) is 4.98. The van der Waals surface area contributed by atoms with Crippen LogP contribution in [0.25, 0.3) is 22.0 Å². The summed E-state index contributed by atoms with van der Waals surface area (Å²) < 4.78 is 26.0. The molecule has 32 heavy (non-hydrogen) atoms. The van der Waals surface area contributed by atoms with Gasteiger partial charge in [0.25, 0.3) is 5.91 Å². The minimum atomic E-state index is -3.94. The van der Waals surface area contributed by atoms with E-state index in [1.165, 1.54) is 6.07 Å². The molecule has 0 atom stereocenters. The summed E-state index contributed by atoms with van der Waals surface area (Å²) in [6.07, 6.45) is 0.983. The molecule has 0 bridgehead atoms. The highest BCUT2D eigenvalue weighted by atomic mass is 32.2. The topological polar surface area (TPSA) is 84.4 Å². The average molecular weight is 442 g/mol. The van der Waals surface area contributed by atoms with Gasteiger partial charge in [-0.3, -0.25) is 14.6 Å². The van der Waals surface area contributed by atoms with Gasteiger partial charge in [0.05, 0.1) is 17.5 Å². The van der Waals surface area contributed by atoms with E-state index < -0.39 is 15.9 Å². The number of benzene rings is 3. The third-order valence-electron chi connectivity index (χ3n) is 5.54. The largest absolute Gasteiger partial charge is 0.289 e. The Balaban J connectivity index is 1.60. The predicted molar refractivity (Wildman–Crippen MR) is 123 cm³/mol. The molecule has 0 unspecified atom stereocenters. The molecule has 0 saturated carbocycles. The fraction of sp³-hybridized carbons (Fsp3) is 0.0800. The highest BCUT2D eigenvalue weighted by Gasteiger charge is 2.31. The standard InChI is InChI=1S/C25H18N2O4S/c1-15-7-8-16-13-18(10-12-23(16)26-15)27(32(2,30)31)25(29)17-9-11-20-19-5-3-4-6-21(19)24(28)22(20)14-17/h3-14H,1-2H3. The molecule has 7 heteroatoms. The number of carbonyl (C=O) groups excluding carboxylic acids is 2. The molecule has 1 amide bonds. The summed E-state index contributed by atoms with van der Waals surface area (Å²) in [5, 5.41) is 0.717. The highest BCUT2D eigenvalue weighted by Crippen LogP contribution is 2.37. The van der Waals surface area contributed by atoms with Gasteiger partial charge >= 0.3 is 0 Å². The maximum absolute atomic E-state index is 13.4. The van der Waals surface area contributed by atoms with E-state index in [4.69, 9.17) is 0 Å². The van der Waals surface area contributed by atoms with Gasteiger partial charge in [-0.1, -0.05) is 36.4 Å². The molecule has 0 aliphatic heterocycles. The minimum Gasteiger partial charge on any atom is -0.289 e. The number of pyridine rings is 1. The number of ketones is 1. The Labute approximate surface area is 185 Å². The molecule has 158 valence electrons. The van der Waals surface area contributed by atoms with Crippen molar-refractivity contribution in [1.82, 2.24) is 4.98 Å². The molecule has 0 spiro atoms. The lowest BCUT2D eigenvalue weighted by atomic mass is 10.0. The van der Waals surface area contributed by atoms with E-state index in [0.717, 1.165) is 27.4 Å². The Kier molecular flexibility index (Phi) is 4.46. The summed E-state index contributed by atoms with van der Waals surface area (Å²) in [5.74, 6) is -0.901. The van der Waals surface area contributed by atoms with Gasteiger partial charge in [0.1, 0.15) is 0 Å². The minimum absolute atomic E-state index is 0.123. The Morgan fingerprint density at radius 1 is 0.844 bits per heavy atom. The number of amides is 1. The molecule has 0 radical (unpaired) electrons. The first-order chi connectivity index (χ1) is 15.2. The number of sulfonamides is 1. The van der Waals surface area contributed by atoms with Gasteiger partial charge in [0, 0.05) is 27.8 Å². The summed E-state index contributed by atoms with van der Waals surface area (Å²) in [5.41, 5.74) is 4.39. The van der Waals surface area contributed by atoms with E-state index in [1.807, 2.05) is 31.2 Å². The second kappa shape index (κ2) is 7.10. The van der Waals surface area contributed by atoms with E-state index in [1.54, 1.807) is 42.5 Å². The summed E-state index contributed by atoms with van der Waals surface area (Å²) in [7, 11) is -3.94. The van der Waals surface area contributed by atoms with Crippen molar-refractivity contribution in [2.45, 2.75) is 6.92 Å². The van der Waals surface area contributed by atoms with Crippen molar-refractivity contribution in [3.63, 3.8) is 0 Å². The van der Waals surface area contributed by atoms with E-state index in [0.29, 0.717) is 22.0 Å². The molecule has 5 rings (SSSR count). The second-order valence-electron chi connectivity index (χ2n) is 7.80. The van der Waals surface area contributed by atoms with Crippen LogP contribution >= 0.6 is 0 Å². The van der Waals surface area contributed by atoms with Crippen molar-refractivity contribution in [2.24, 2.45) is 0 Å². The number of aryl methyl sites for hydroxylation is 1. The van der Waals surface area contributed by atoms with E-state index >= 15 is 0 Å². The maximum Gasteiger partial charge on any atom is 0.272 e. The summed E-state index contributed by atoms with van der Waals surface area (Å²) in [4.78, 5) is 30.6. The quantitative estimate of drug-likeness (QED) is 0.414. The normalized spacial score (nSPS) is 12.5. The SMILES string of the molecule is Cc1ccc2cc(N(C(=O)c3ccc4c(c3)C(=O)c3ccccc3-4)S(C)(=O)=O)ccc2n1. The Morgan fingerprint density at radius 2 is 1.56 bits per heavy atom. The molecule has 1 aromatic heterocycles. The molecular weight excluding hydrogens is 424 g/mol. The number of hydrogen-bond donors (Lipinski definition) is 0. The average Bonchev–Trinajstić information content (AvgIpc) is 3.05. The summed E-state index contributed by atoms with van der Waals surface area (Å²) in [6.45, 7) is 1.87. The van der Waals surface area contributed by atoms with Crippen LogP contribution in [-0.2, 0) is 10.0 Å². The number of anilines is 1. The smallest absolute Gasteiger partial charge is 0.272 e. The first-order valence-electron chi connectivity index (χ1n) is 9.94. The van der Waals surface area contributed by atoms with Crippen molar-refractivity contribution in [2.75, 3.05) is 10.6 Å². The Bertz CT molecular complexity index is 1560. The zero-order valence-corrected chi connectivity index (χ0v) is 18.2. The second-order valence-corrected chi connectivity index (χ2v) is 9.63. The molecule has 1 aliphatic carbocycles. The molecule has 0 fully saturated rings. The van der Waals surface area contributed by atoms with Gasteiger partial charge in [-0.05, 0) is 54.4 Å². The Morgan fingerprint density at radius 3 is 2.31 bits per heavy atom. The van der Waals surface area contributed by atoms with E-state index in [9.17, 15) is 18.0 Å². The third kappa shape index (κ3) is 3.18. The lowest BCUT2D eigenvalue weighted by Crippen LogP contribution is -2.36. The molecule has 0 saturated heterocycles. The van der Waals surface area contributed by atoms with Gasteiger partial charge in [-0.2, -0.15) is 0 Å². The van der Waals surface area contributed by atoms with Crippen molar-refractivity contribution in [3.8, 4) is 11.1 Å². The monoisotopic (exact) mass is 442 g/mol. The summed E-state index contributed by atoms with van der Waals surface area (Å²) in [6, 6.07) is 20.5. The van der Waals surface area contributed by atoms with Crippen LogP contribution < -0.4 is 4.31 Å². The van der Waals surface area contributed by atoms with Gasteiger partial charge in [-0.25, -0.2) is 12.7 Å². The number of hydrogen-bond acceptors (Lipinski definition) is 5. The third-order valence-corrected chi connectivity index (χ3v) is 6.58. The van der Waals surface area contributed by atoms with Crippen LogP contribution in [0.3, 0.4) is 0 Å². The molecular formula is C25H18N2O4S. The molecule has 1 heterocycles. The van der Waals surface area contributed by atoms with Crippen molar-refractivity contribution in [3.05, 3.63) is 95.2 Å². The van der Waals surface area contributed by atoms with Crippen LogP contribution in [0.2, 0.25) is 0 Å². The van der Waals surface area contributed by atoms with Crippen LogP contribution in [0.5, 0.6) is 0 Å². The van der Waals surface area contributed by atoms with Crippen molar-refractivity contribution in [1.29, 1.82) is 0 Å². The van der Waals surface area contributed by atoms with E-state index in [-0.39, 0.29) is 17.0 Å². The molecule has 1 aliphatic rings. The first kappa shape index (κ1) is 20.1. The number of aromatic nitrogens is 1. The molecule has 4 aromatic rings. The van der Waals surface area contributed by atoms with Gasteiger partial charge in [0.2, 0.25) is 10.0 Å². The van der Waals surface area contributed by atoms with Crippen LogP contribution in [-0.4, -0.2) is 31.3 Å². The first-order valence-corrected chi connectivity index (χ1v) is 11.8. The lowest BCUT2D eigenvalue weighted by Gasteiger charge is -2.21. The van der Waals surface area contributed by atoms with Gasteiger partial charge in [-0.15, -0.1) is 0 Å². The van der Waals surface area contributed by atoms with E-state index in [2.05, 4.69) is 4.98 Å². The fourth-order valence-electron chi connectivity index (χ4n) is 4.08. The summed E-state index contributed by atoms with van der Waals surface area (Å²) >= 11 is 0. The van der Waals surface area contributed by atoms with Crippen LogP contribution in [0.15, 0.2) is 72.8 Å². The van der Waals surface area contributed by atoms with Crippen LogP contribution in [0.4, 0.5) is 5.69 Å². The van der Waals surface area contributed by atoms with Gasteiger partial charge < -0.3 is 0 Å². The van der Waals surface area contributed by atoms with Gasteiger partial charge in [0.15, 0.2) is 5.78 Å². The maximum atomic E-state index is 13.4. The molecule has 0 N–H and O–H groups in total. The van der Waals surface area contributed by atoms with Crippen LogP contribution in [0, 0.1) is 6.92 Å². The number of nitrogens with zero attached hydrogens (tertiary/aromatic N) is 2. The number of rotatable bonds is 3. The molecule has 6 nitrogen and oxygen atoms in total. The van der Waals surface area contributed by atoms with Crippen molar-refractivity contribution < 1.29 is 18.0 Å². The van der Waals surface area contributed by atoms with Crippen molar-refractivity contribution >= 4 is 38.3 Å². The molecule has 3 aromatic carbocycles. The predicted octanol–water partition coefficient (Wildman–Crippen LogP) is 4.36. The lowest BCUT2D eigenvalue weighted by molar-refractivity contribution is 0.101. The van der Waals surface area contributed by atoms with Crippen LogP contribution in [0.1, 0.15) is 32.0 Å². The highest BCUT2D eigenvalue weighted by molar-refractivity contribution is 7.92.